The fourth-order valence-electron chi connectivity index (χ4n) is 8.76. The Morgan fingerprint density at radius 1 is 1.05 bits per heavy atom. The minimum atomic E-state index is -0.971. The molecular weight excluding hydrogens is 550 g/mol. The zero-order chi connectivity index (χ0) is 31.0. The van der Waals surface area contributed by atoms with E-state index in [0.717, 1.165) is 57.8 Å². The van der Waals surface area contributed by atoms with Gasteiger partial charge in [-0.05, 0) is 83.5 Å². The Hall–Kier alpha value is -3.11. The number of aromatic nitrogens is 2. The van der Waals surface area contributed by atoms with Crippen LogP contribution in [0.25, 0.3) is 0 Å². The first kappa shape index (κ1) is 31.3. The van der Waals surface area contributed by atoms with Crippen LogP contribution >= 0.6 is 0 Å². The van der Waals surface area contributed by atoms with E-state index in [9.17, 15) is 19.2 Å². The lowest BCUT2D eigenvalue weighted by atomic mass is 9.46. The van der Waals surface area contributed by atoms with Gasteiger partial charge in [-0.15, -0.1) is 0 Å². The van der Waals surface area contributed by atoms with Crippen LogP contribution in [0.2, 0.25) is 0 Å². The Morgan fingerprint density at radius 2 is 1.72 bits per heavy atom. The highest BCUT2D eigenvalue weighted by Gasteiger charge is 2.61. The number of carbonyl (C=O) groups excluding carboxylic acids is 4. The largest absolute Gasteiger partial charge is 0.467 e. The molecule has 43 heavy (non-hydrogen) atoms. The van der Waals surface area contributed by atoms with Crippen LogP contribution in [0.4, 0.5) is 4.79 Å². The zero-order valence-electron chi connectivity index (χ0n) is 26.4. The number of nitrogens with zero attached hydrogens (tertiary/aromatic N) is 2. The second-order valence-electron chi connectivity index (χ2n) is 14.8. The van der Waals surface area contributed by atoms with Gasteiger partial charge in [-0.2, -0.15) is 0 Å². The standard InChI is InChI=1S/C32H49N5O6/c1-30(2,3)43-29(41)34-23(12-20-9-7-6-8-10-20)26(38)36-32-15-21-11-22(16-32)14-31(13-21,18-32)28(40)35-25(27(39)42-5)24-17-33-19-37(24)4/h17,19-23,25H,6-16,18H2,1-5H3,(H,34,41)(H,35,40)(H,36,38)/t21-,22+,23?,25?,31?,32?. The van der Waals surface area contributed by atoms with Gasteiger partial charge in [-0.25, -0.2) is 14.6 Å². The monoisotopic (exact) mass is 599 g/mol. The van der Waals surface area contributed by atoms with Gasteiger partial charge in [-0.3, -0.25) is 9.59 Å². The molecule has 6 atom stereocenters. The number of alkyl carbamates (subject to hydrolysis) is 1. The van der Waals surface area contributed by atoms with E-state index in [4.69, 9.17) is 9.47 Å². The minimum Gasteiger partial charge on any atom is -0.467 e. The van der Waals surface area contributed by atoms with Crippen molar-refractivity contribution in [1.29, 1.82) is 0 Å². The molecular formula is C32H49N5O6. The van der Waals surface area contributed by atoms with Crippen molar-refractivity contribution >= 4 is 23.9 Å². The van der Waals surface area contributed by atoms with Gasteiger partial charge < -0.3 is 30.0 Å². The van der Waals surface area contributed by atoms with Crippen molar-refractivity contribution in [3.63, 3.8) is 0 Å². The predicted octanol–water partition coefficient (Wildman–Crippen LogP) is 4.07. The summed E-state index contributed by atoms with van der Waals surface area (Å²) in [5, 5.41) is 9.28. The third-order valence-corrected chi connectivity index (χ3v) is 10.1. The smallest absolute Gasteiger partial charge is 0.408 e. The summed E-state index contributed by atoms with van der Waals surface area (Å²) in [6, 6.07) is -1.68. The highest BCUT2D eigenvalue weighted by Crippen LogP contribution is 2.62. The fourth-order valence-corrected chi connectivity index (χ4v) is 8.76. The molecule has 1 aromatic heterocycles. The molecule has 1 heterocycles. The summed E-state index contributed by atoms with van der Waals surface area (Å²) < 4.78 is 12.3. The predicted molar refractivity (Wildman–Crippen MR) is 158 cm³/mol. The van der Waals surface area contributed by atoms with Crippen molar-refractivity contribution in [3.8, 4) is 0 Å². The summed E-state index contributed by atoms with van der Waals surface area (Å²) in [5.74, 6) is 0.0461. The number of hydrogen-bond donors (Lipinski definition) is 3. The van der Waals surface area contributed by atoms with Crippen LogP contribution in [0, 0.1) is 23.2 Å². The summed E-state index contributed by atoms with van der Waals surface area (Å²) in [4.78, 5) is 57.8. The summed E-state index contributed by atoms with van der Waals surface area (Å²) >= 11 is 0. The van der Waals surface area contributed by atoms with Gasteiger partial charge in [0.2, 0.25) is 11.8 Å². The first-order chi connectivity index (χ1) is 20.3. The van der Waals surface area contributed by atoms with Crippen LogP contribution in [0.15, 0.2) is 12.5 Å². The summed E-state index contributed by atoms with van der Waals surface area (Å²) in [5.41, 5.74) is -1.36. The van der Waals surface area contributed by atoms with Gasteiger partial charge in [0.15, 0.2) is 6.04 Å². The lowest BCUT2D eigenvalue weighted by molar-refractivity contribution is -0.157. The number of nitrogens with one attached hydrogen (secondary N) is 3. The van der Waals surface area contributed by atoms with Crippen molar-refractivity contribution in [1.82, 2.24) is 25.5 Å². The second kappa shape index (κ2) is 12.1. The average molecular weight is 600 g/mol. The average Bonchev–Trinajstić information content (AvgIpc) is 3.34. The Bertz CT molecular complexity index is 1200. The number of rotatable bonds is 9. The normalized spacial score (nSPS) is 29.8. The Kier molecular flexibility index (Phi) is 8.82. The number of hydrogen-bond acceptors (Lipinski definition) is 7. The number of amides is 3. The van der Waals surface area contributed by atoms with Crippen LogP contribution < -0.4 is 16.0 Å². The van der Waals surface area contributed by atoms with Crippen molar-refractivity contribution < 1.29 is 28.7 Å². The molecule has 5 saturated carbocycles. The van der Waals surface area contributed by atoms with Gasteiger partial charge in [-0.1, -0.05) is 32.1 Å². The molecule has 4 bridgehead atoms. The molecule has 238 valence electrons. The van der Waals surface area contributed by atoms with E-state index in [1.165, 1.54) is 13.5 Å². The molecule has 1 aromatic rings. The number of carbonyl (C=O) groups is 4. The lowest BCUT2D eigenvalue weighted by Crippen LogP contribution is -2.67. The fraction of sp³-hybridized carbons (Fsp3) is 0.781. The van der Waals surface area contributed by atoms with Crippen molar-refractivity contribution in [2.75, 3.05) is 7.11 Å². The Balaban J connectivity index is 1.34. The van der Waals surface area contributed by atoms with Gasteiger partial charge in [0, 0.05) is 12.6 Å². The van der Waals surface area contributed by atoms with Crippen LogP contribution in [-0.4, -0.2) is 57.7 Å². The molecule has 6 rings (SSSR count). The molecule has 5 aliphatic rings. The molecule has 0 saturated heterocycles. The summed E-state index contributed by atoms with van der Waals surface area (Å²) in [6.07, 6.45) is 13.4. The third kappa shape index (κ3) is 7.01. The van der Waals surface area contributed by atoms with E-state index in [1.54, 1.807) is 24.1 Å². The van der Waals surface area contributed by atoms with E-state index in [0.29, 0.717) is 36.3 Å². The summed E-state index contributed by atoms with van der Waals surface area (Å²) in [7, 11) is 3.08. The van der Waals surface area contributed by atoms with Crippen LogP contribution in [0.5, 0.6) is 0 Å². The maximum atomic E-state index is 14.1. The highest BCUT2D eigenvalue weighted by atomic mass is 16.6. The molecule has 4 unspecified atom stereocenters. The van der Waals surface area contributed by atoms with Crippen LogP contribution in [0.1, 0.15) is 110 Å². The number of ether oxygens (including phenoxy) is 2. The van der Waals surface area contributed by atoms with Gasteiger partial charge >= 0.3 is 12.1 Å². The quantitative estimate of drug-likeness (QED) is 0.364. The molecule has 3 N–H and O–H groups in total. The van der Waals surface area contributed by atoms with Crippen LogP contribution in [-0.2, 0) is 30.9 Å². The van der Waals surface area contributed by atoms with Gasteiger partial charge in [0.25, 0.3) is 0 Å². The second-order valence-corrected chi connectivity index (χ2v) is 14.8. The topological polar surface area (TPSA) is 141 Å². The number of aryl methyl sites for hydroxylation is 1. The SMILES string of the molecule is COC(=O)C(NC(=O)C12C[C@@H]3C[C@@H](CC(NC(=O)C(CC4CCCCC4)NC(=O)OC(C)(C)C)(C3)C1)C2)c1cncn1C. The number of methoxy groups -OCH3 is 1. The molecule has 3 amide bonds. The van der Waals surface area contributed by atoms with Crippen LogP contribution in [0.3, 0.4) is 0 Å². The lowest BCUT2D eigenvalue weighted by Gasteiger charge is -2.61. The molecule has 0 radical (unpaired) electrons. The van der Waals surface area contributed by atoms with Gasteiger partial charge in [0.05, 0.1) is 30.7 Å². The van der Waals surface area contributed by atoms with E-state index < -0.39 is 40.7 Å². The first-order valence-electron chi connectivity index (χ1n) is 16.0. The zero-order valence-corrected chi connectivity index (χ0v) is 26.4. The van der Waals surface area contributed by atoms with Crippen molar-refractivity contribution in [3.05, 3.63) is 18.2 Å². The third-order valence-electron chi connectivity index (χ3n) is 10.1. The van der Waals surface area contributed by atoms with Crippen molar-refractivity contribution in [2.24, 2.45) is 30.2 Å². The van der Waals surface area contributed by atoms with E-state index >= 15 is 0 Å². The molecule has 5 aliphatic carbocycles. The molecule has 11 heteroatoms. The Labute approximate surface area is 254 Å². The Morgan fingerprint density at radius 3 is 2.30 bits per heavy atom. The number of esters is 1. The summed E-state index contributed by atoms with van der Waals surface area (Å²) in [6.45, 7) is 5.42. The highest BCUT2D eigenvalue weighted by molar-refractivity contribution is 5.90. The van der Waals surface area contributed by atoms with Crippen molar-refractivity contribution in [2.45, 2.75) is 121 Å². The molecule has 0 aromatic carbocycles. The van der Waals surface area contributed by atoms with E-state index in [1.807, 2.05) is 20.8 Å². The maximum absolute atomic E-state index is 14.1. The molecule has 5 fully saturated rings. The maximum Gasteiger partial charge on any atom is 0.408 e. The first-order valence-corrected chi connectivity index (χ1v) is 16.0. The minimum absolute atomic E-state index is 0.178. The van der Waals surface area contributed by atoms with E-state index in [-0.39, 0.29) is 11.8 Å². The van der Waals surface area contributed by atoms with Gasteiger partial charge in [0.1, 0.15) is 11.6 Å². The number of imidazole rings is 1. The molecule has 0 aliphatic heterocycles. The molecule has 0 spiro atoms. The molecule has 11 nitrogen and oxygen atoms in total. The van der Waals surface area contributed by atoms with E-state index in [2.05, 4.69) is 20.9 Å².